The van der Waals surface area contributed by atoms with Crippen molar-refractivity contribution in [1.29, 1.82) is 0 Å². The fourth-order valence-electron chi connectivity index (χ4n) is 3.41. The first-order chi connectivity index (χ1) is 13.0. The lowest BCUT2D eigenvalue weighted by Gasteiger charge is -2.15. The number of nitrogens with zero attached hydrogens (tertiary/aromatic N) is 3. The first-order valence-corrected chi connectivity index (χ1v) is 8.93. The Bertz CT molecular complexity index is 1060. The molecule has 0 aliphatic rings. The van der Waals surface area contributed by atoms with Crippen molar-refractivity contribution in [2.45, 2.75) is 32.9 Å². The van der Waals surface area contributed by atoms with Gasteiger partial charge in [0.05, 0.1) is 29.3 Å². The van der Waals surface area contributed by atoms with E-state index in [0.717, 1.165) is 39.4 Å². The number of nitrogens with two attached hydrogens (primary N) is 1. The van der Waals surface area contributed by atoms with Crippen molar-refractivity contribution in [2.75, 3.05) is 0 Å². The van der Waals surface area contributed by atoms with E-state index in [1.54, 1.807) is 12.1 Å². The minimum absolute atomic E-state index is 0.248. The number of para-hydroxylation sites is 2. The van der Waals surface area contributed by atoms with Gasteiger partial charge in [0.25, 0.3) is 0 Å². The van der Waals surface area contributed by atoms with Crippen molar-refractivity contribution in [2.24, 2.45) is 5.73 Å². The maximum atomic E-state index is 9.48. The van der Waals surface area contributed by atoms with Crippen LogP contribution < -0.4 is 5.73 Å². The number of phenols is 1. The molecule has 0 radical (unpaired) electrons. The number of aromatic hydroxyl groups is 1. The molecular formula is C21H22N4O2. The second-order valence-corrected chi connectivity index (χ2v) is 6.82. The van der Waals surface area contributed by atoms with Crippen LogP contribution in [0, 0.1) is 13.8 Å². The molecule has 6 heteroatoms. The molecule has 1 unspecified atom stereocenters. The number of hydrogen-bond acceptors (Lipinski definition) is 5. The molecule has 2 heterocycles. The number of fused-ring (bicyclic) bond motifs is 1. The van der Waals surface area contributed by atoms with Crippen LogP contribution in [0.3, 0.4) is 0 Å². The number of aryl methyl sites for hydroxylation is 2. The molecule has 0 fully saturated rings. The van der Waals surface area contributed by atoms with Crippen LogP contribution >= 0.6 is 0 Å². The number of hydrogen-bond donors (Lipinski definition) is 2. The van der Waals surface area contributed by atoms with Crippen molar-refractivity contribution in [3.05, 3.63) is 76.9 Å². The van der Waals surface area contributed by atoms with Crippen LogP contribution in [0.4, 0.5) is 0 Å². The molecule has 0 aliphatic carbocycles. The Labute approximate surface area is 157 Å². The summed E-state index contributed by atoms with van der Waals surface area (Å²) in [4.78, 5) is 4.80. The molecule has 3 N–H and O–H groups in total. The third kappa shape index (κ3) is 3.31. The van der Waals surface area contributed by atoms with Crippen LogP contribution in [0.1, 0.15) is 34.4 Å². The second kappa shape index (κ2) is 6.89. The molecule has 0 bridgehead atoms. The quantitative estimate of drug-likeness (QED) is 0.566. The molecular weight excluding hydrogens is 340 g/mol. The fourth-order valence-corrected chi connectivity index (χ4v) is 3.41. The normalized spacial score (nSPS) is 12.6. The number of aromatic nitrogens is 3. The summed E-state index contributed by atoms with van der Waals surface area (Å²) in [6, 6.07) is 14.9. The SMILES string of the molecule is Cc1noc(C)c1Cn1c(C(N)Cc2ccc(O)cc2)nc2ccccc21. The Kier molecular flexibility index (Phi) is 4.41. The highest BCUT2D eigenvalue weighted by atomic mass is 16.5. The molecule has 0 saturated heterocycles. The van der Waals surface area contributed by atoms with Gasteiger partial charge in [-0.2, -0.15) is 0 Å². The molecule has 27 heavy (non-hydrogen) atoms. The van der Waals surface area contributed by atoms with Crippen molar-refractivity contribution in [3.63, 3.8) is 0 Å². The molecule has 0 aliphatic heterocycles. The third-order valence-corrected chi connectivity index (χ3v) is 4.91. The van der Waals surface area contributed by atoms with Crippen LogP contribution in [0.5, 0.6) is 5.75 Å². The highest BCUT2D eigenvalue weighted by Crippen LogP contribution is 2.25. The molecule has 0 amide bonds. The maximum absolute atomic E-state index is 9.48. The van der Waals surface area contributed by atoms with E-state index in [1.807, 2.05) is 44.2 Å². The van der Waals surface area contributed by atoms with Crippen molar-refractivity contribution in [1.82, 2.24) is 14.7 Å². The zero-order valence-corrected chi connectivity index (χ0v) is 15.4. The highest BCUT2D eigenvalue weighted by Gasteiger charge is 2.20. The predicted molar refractivity (Wildman–Crippen MR) is 104 cm³/mol. The lowest BCUT2D eigenvalue weighted by molar-refractivity contribution is 0.392. The summed E-state index contributed by atoms with van der Waals surface area (Å²) in [7, 11) is 0. The summed E-state index contributed by atoms with van der Waals surface area (Å²) >= 11 is 0. The number of imidazole rings is 1. The largest absolute Gasteiger partial charge is 0.508 e. The summed E-state index contributed by atoms with van der Waals surface area (Å²) in [5.74, 6) is 1.88. The van der Waals surface area contributed by atoms with Crippen LogP contribution in [0.2, 0.25) is 0 Å². The van der Waals surface area contributed by atoms with Crippen molar-refractivity contribution < 1.29 is 9.63 Å². The zero-order valence-electron chi connectivity index (χ0n) is 15.4. The molecule has 0 spiro atoms. The molecule has 6 nitrogen and oxygen atoms in total. The Hall–Kier alpha value is -3.12. The smallest absolute Gasteiger partial charge is 0.138 e. The van der Waals surface area contributed by atoms with E-state index < -0.39 is 0 Å². The lowest BCUT2D eigenvalue weighted by atomic mass is 10.1. The van der Waals surface area contributed by atoms with Gasteiger partial charge in [-0.3, -0.25) is 0 Å². The van der Waals surface area contributed by atoms with E-state index in [9.17, 15) is 5.11 Å². The van der Waals surface area contributed by atoms with Gasteiger partial charge in [0.15, 0.2) is 0 Å². The molecule has 0 saturated carbocycles. The van der Waals surface area contributed by atoms with Gasteiger partial charge in [0.1, 0.15) is 17.3 Å². The molecule has 1 atom stereocenters. The third-order valence-electron chi connectivity index (χ3n) is 4.91. The number of phenolic OH excluding ortho intramolecular Hbond substituents is 1. The second-order valence-electron chi connectivity index (χ2n) is 6.82. The average Bonchev–Trinajstić information content (AvgIpc) is 3.19. The van der Waals surface area contributed by atoms with Crippen LogP contribution in [0.15, 0.2) is 53.1 Å². The Balaban J connectivity index is 1.74. The Morgan fingerprint density at radius 2 is 1.85 bits per heavy atom. The van der Waals surface area contributed by atoms with E-state index in [2.05, 4.69) is 15.8 Å². The minimum Gasteiger partial charge on any atom is -0.508 e. The summed E-state index contributed by atoms with van der Waals surface area (Å²) in [6.07, 6.45) is 0.630. The summed E-state index contributed by atoms with van der Waals surface area (Å²) < 4.78 is 7.47. The number of benzene rings is 2. The highest BCUT2D eigenvalue weighted by molar-refractivity contribution is 5.76. The zero-order chi connectivity index (χ0) is 19.0. The van der Waals surface area contributed by atoms with Crippen molar-refractivity contribution >= 4 is 11.0 Å². The maximum Gasteiger partial charge on any atom is 0.138 e. The summed E-state index contributed by atoms with van der Waals surface area (Å²) in [5.41, 5.74) is 11.5. The van der Waals surface area contributed by atoms with Gasteiger partial charge in [-0.15, -0.1) is 0 Å². The van der Waals surface area contributed by atoms with E-state index in [0.29, 0.717) is 13.0 Å². The molecule has 4 aromatic rings. The summed E-state index contributed by atoms with van der Waals surface area (Å²) in [6.45, 7) is 4.48. The van der Waals surface area contributed by atoms with Gasteiger partial charge in [-0.1, -0.05) is 29.4 Å². The van der Waals surface area contributed by atoms with Crippen LogP contribution in [-0.4, -0.2) is 19.8 Å². The first-order valence-electron chi connectivity index (χ1n) is 8.93. The molecule has 4 rings (SSSR count). The van der Waals surface area contributed by atoms with Gasteiger partial charge < -0.3 is 19.9 Å². The van der Waals surface area contributed by atoms with Crippen molar-refractivity contribution in [3.8, 4) is 5.75 Å². The van der Waals surface area contributed by atoms with Gasteiger partial charge in [-0.05, 0) is 50.1 Å². The van der Waals surface area contributed by atoms with Gasteiger partial charge in [0.2, 0.25) is 0 Å². The molecule has 2 aromatic carbocycles. The number of rotatable bonds is 5. The van der Waals surface area contributed by atoms with E-state index in [4.69, 9.17) is 15.2 Å². The van der Waals surface area contributed by atoms with E-state index >= 15 is 0 Å². The first kappa shape index (κ1) is 17.3. The fraction of sp³-hybridized carbons (Fsp3) is 0.238. The van der Waals surface area contributed by atoms with Crippen LogP contribution in [0.25, 0.3) is 11.0 Å². The Morgan fingerprint density at radius 3 is 2.56 bits per heavy atom. The standard InChI is InChI=1S/C21H22N4O2/c1-13-17(14(2)27-24-13)12-25-20-6-4-3-5-19(20)23-21(25)18(22)11-15-7-9-16(26)10-8-15/h3-10,18,26H,11-12,22H2,1-2H3. The van der Waals surface area contributed by atoms with Gasteiger partial charge in [-0.25, -0.2) is 4.98 Å². The minimum atomic E-state index is -0.276. The van der Waals surface area contributed by atoms with E-state index in [-0.39, 0.29) is 11.8 Å². The van der Waals surface area contributed by atoms with Gasteiger partial charge >= 0.3 is 0 Å². The van der Waals surface area contributed by atoms with Crippen LogP contribution in [-0.2, 0) is 13.0 Å². The monoisotopic (exact) mass is 362 g/mol. The topological polar surface area (TPSA) is 90.1 Å². The van der Waals surface area contributed by atoms with E-state index in [1.165, 1.54) is 0 Å². The molecule has 2 aromatic heterocycles. The lowest BCUT2D eigenvalue weighted by Crippen LogP contribution is -2.19. The summed E-state index contributed by atoms with van der Waals surface area (Å²) in [5, 5.41) is 13.5. The van der Waals surface area contributed by atoms with Gasteiger partial charge in [0, 0.05) is 5.56 Å². The predicted octanol–water partition coefficient (Wildman–Crippen LogP) is 3.64. The Morgan fingerprint density at radius 1 is 1.11 bits per heavy atom. The average molecular weight is 362 g/mol. The molecule has 138 valence electrons.